The van der Waals surface area contributed by atoms with Crippen molar-refractivity contribution < 1.29 is 27.5 Å². The first kappa shape index (κ1) is 24.2. The molecule has 2 aliphatic heterocycles. The van der Waals surface area contributed by atoms with Crippen molar-refractivity contribution >= 4 is 27.4 Å². The smallest absolute Gasteiger partial charge is 0.243 e. The maximum atomic E-state index is 13.1. The molecule has 0 aromatic heterocycles. The van der Waals surface area contributed by atoms with E-state index in [1.165, 1.54) is 12.1 Å². The fourth-order valence-corrected chi connectivity index (χ4v) is 6.40. The topological polar surface area (TPSA) is 102 Å². The molecule has 2 aromatic rings. The van der Waals surface area contributed by atoms with Crippen LogP contribution in [0.1, 0.15) is 56.3 Å². The number of rotatable bonds is 7. The lowest BCUT2D eigenvalue weighted by Crippen LogP contribution is -2.47. The largest absolute Gasteiger partial charge is 0.486 e. The molecule has 2 atom stereocenters. The summed E-state index contributed by atoms with van der Waals surface area (Å²) in [6.45, 7) is 4.79. The quantitative estimate of drug-likeness (QED) is 0.594. The molecule has 9 heteroatoms. The molecule has 182 valence electrons. The minimum absolute atomic E-state index is 0.0101. The van der Waals surface area contributed by atoms with Crippen molar-refractivity contribution in [3.8, 4) is 11.5 Å². The number of hydrogen-bond acceptors (Lipinski definition) is 6. The molecule has 0 unspecified atom stereocenters. The van der Waals surface area contributed by atoms with Gasteiger partial charge in [0.25, 0.3) is 0 Å². The first-order valence-corrected chi connectivity index (χ1v) is 13.1. The second-order valence-corrected chi connectivity index (χ2v) is 10.7. The van der Waals surface area contributed by atoms with Gasteiger partial charge in [-0.2, -0.15) is 4.31 Å². The number of sulfonamides is 1. The van der Waals surface area contributed by atoms with Gasteiger partial charge in [-0.25, -0.2) is 8.42 Å². The molecule has 1 fully saturated rings. The van der Waals surface area contributed by atoms with E-state index in [9.17, 15) is 18.0 Å². The number of ether oxygens (including phenoxy) is 2. The normalized spacial score (nSPS) is 20.5. The van der Waals surface area contributed by atoms with Gasteiger partial charge in [-0.1, -0.05) is 6.42 Å². The summed E-state index contributed by atoms with van der Waals surface area (Å²) in [7, 11) is -3.61. The zero-order valence-electron chi connectivity index (χ0n) is 19.5. The minimum atomic E-state index is -3.61. The fraction of sp³-hybridized carbons (Fsp3) is 0.440. The van der Waals surface area contributed by atoms with Gasteiger partial charge in [0.2, 0.25) is 15.9 Å². The third-order valence-electron chi connectivity index (χ3n) is 6.27. The number of carbonyl (C=O) groups excluding carboxylic acids is 2. The second-order valence-electron chi connectivity index (χ2n) is 8.82. The van der Waals surface area contributed by atoms with Crippen molar-refractivity contribution in [2.75, 3.05) is 18.5 Å². The number of fused-ring (bicyclic) bond motifs is 1. The maximum absolute atomic E-state index is 13.1. The highest BCUT2D eigenvalue weighted by Gasteiger charge is 2.35. The molecule has 1 saturated heterocycles. The van der Waals surface area contributed by atoms with Gasteiger partial charge in [0.15, 0.2) is 17.3 Å². The van der Waals surface area contributed by atoms with Gasteiger partial charge in [-0.3, -0.25) is 9.59 Å². The Bertz CT molecular complexity index is 1150. The SMILES string of the molecule is C[C@@H]1CCC[C@@H](C)N1S(=O)(=O)c1ccc(NC(=O)CCC(=O)c2ccc3c(c2)OCCO3)cc1. The summed E-state index contributed by atoms with van der Waals surface area (Å²) >= 11 is 0. The third-order valence-corrected chi connectivity index (χ3v) is 8.41. The monoisotopic (exact) mass is 486 g/mol. The van der Waals surface area contributed by atoms with E-state index in [2.05, 4.69) is 5.32 Å². The molecule has 0 spiro atoms. The summed E-state index contributed by atoms with van der Waals surface area (Å²) in [5, 5.41) is 2.73. The van der Waals surface area contributed by atoms with E-state index in [1.807, 2.05) is 13.8 Å². The maximum Gasteiger partial charge on any atom is 0.243 e. The molecule has 0 aliphatic carbocycles. The summed E-state index contributed by atoms with van der Waals surface area (Å²) in [6, 6.07) is 11.1. The Kier molecular flexibility index (Phi) is 7.23. The highest BCUT2D eigenvalue weighted by molar-refractivity contribution is 7.89. The zero-order valence-corrected chi connectivity index (χ0v) is 20.3. The minimum Gasteiger partial charge on any atom is -0.486 e. The fourth-order valence-electron chi connectivity index (χ4n) is 4.52. The average Bonchev–Trinajstić information content (AvgIpc) is 2.82. The van der Waals surface area contributed by atoms with Crippen LogP contribution in [0, 0.1) is 0 Å². The van der Waals surface area contributed by atoms with Crippen LogP contribution in [0.2, 0.25) is 0 Å². The Morgan fingerprint density at radius 2 is 1.59 bits per heavy atom. The molecule has 2 heterocycles. The van der Waals surface area contributed by atoms with E-state index in [0.29, 0.717) is 36.0 Å². The second kappa shape index (κ2) is 10.1. The van der Waals surface area contributed by atoms with Crippen LogP contribution >= 0.6 is 0 Å². The molecule has 0 radical (unpaired) electrons. The molecular weight excluding hydrogens is 456 g/mol. The highest BCUT2D eigenvalue weighted by Crippen LogP contribution is 2.32. The van der Waals surface area contributed by atoms with Gasteiger partial charge >= 0.3 is 0 Å². The lowest BCUT2D eigenvalue weighted by molar-refractivity contribution is -0.116. The molecule has 1 amide bonds. The van der Waals surface area contributed by atoms with E-state index >= 15 is 0 Å². The van der Waals surface area contributed by atoms with Crippen molar-refractivity contribution in [1.29, 1.82) is 0 Å². The van der Waals surface area contributed by atoms with Crippen molar-refractivity contribution in [2.45, 2.75) is 62.9 Å². The number of benzene rings is 2. The number of nitrogens with one attached hydrogen (secondary N) is 1. The van der Waals surface area contributed by atoms with E-state index in [1.54, 1.807) is 34.6 Å². The standard InChI is InChI=1S/C25H30N2O6S/c1-17-4-3-5-18(2)27(17)34(30,31)21-9-7-20(8-10-21)26-25(29)13-11-22(28)19-6-12-23-24(16-19)33-15-14-32-23/h6-10,12,16-18H,3-5,11,13-15H2,1-2H3,(H,26,29)/t17-,18-/m1/s1. The van der Waals surface area contributed by atoms with Crippen LogP contribution in [0.3, 0.4) is 0 Å². The Labute approximate surface area is 200 Å². The van der Waals surface area contributed by atoms with E-state index in [4.69, 9.17) is 9.47 Å². The molecule has 8 nitrogen and oxygen atoms in total. The summed E-state index contributed by atoms with van der Waals surface area (Å²) in [4.78, 5) is 25.1. The predicted octanol–water partition coefficient (Wildman–Crippen LogP) is 4.01. The molecule has 1 N–H and O–H groups in total. The van der Waals surface area contributed by atoms with Crippen molar-refractivity contribution in [2.24, 2.45) is 0 Å². The van der Waals surface area contributed by atoms with Gasteiger partial charge < -0.3 is 14.8 Å². The van der Waals surface area contributed by atoms with Crippen molar-refractivity contribution in [3.63, 3.8) is 0 Å². The molecule has 0 bridgehead atoms. The summed E-state index contributed by atoms with van der Waals surface area (Å²) < 4.78 is 38.8. The number of hydrogen-bond donors (Lipinski definition) is 1. The Balaban J connectivity index is 1.33. The van der Waals surface area contributed by atoms with Gasteiger partial charge in [-0.05, 0) is 69.2 Å². The number of amides is 1. The number of ketones is 1. The van der Waals surface area contributed by atoms with E-state index in [-0.39, 0.29) is 41.5 Å². The Morgan fingerprint density at radius 1 is 0.941 bits per heavy atom. The van der Waals surface area contributed by atoms with Gasteiger partial charge in [0, 0.05) is 36.2 Å². The number of piperidine rings is 1. The summed E-state index contributed by atoms with van der Waals surface area (Å²) in [5.74, 6) is 0.651. The van der Waals surface area contributed by atoms with Crippen LogP contribution < -0.4 is 14.8 Å². The highest BCUT2D eigenvalue weighted by atomic mass is 32.2. The number of Topliss-reactive ketones (excluding diaryl/α,β-unsaturated/α-hetero) is 1. The summed E-state index contributed by atoms with van der Waals surface area (Å²) in [5.41, 5.74) is 0.947. The van der Waals surface area contributed by atoms with Crippen LogP contribution in [0.5, 0.6) is 11.5 Å². The first-order valence-electron chi connectivity index (χ1n) is 11.6. The van der Waals surface area contributed by atoms with Crippen LogP contribution in [0.4, 0.5) is 5.69 Å². The van der Waals surface area contributed by atoms with Gasteiger partial charge in [0.05, 0.1) is 4.90 Å². The van der Waals surface area contributed by atoms with Crippen LogP contribution in [-0.4, -0.2) is 49.7 Å². The molecule has 4 rings (SSSR count). The molecule has 34 heavy (non-hydrogen) atoms. The van der Waals surface area contributed by atoms with Gasteiger partial charge in [-0.15, -0.1) is 0 Å². The predicted molar refractivity (Wildman–Crippen MR) is 128 cm³/mol. The average molecular weight is 487 g/mol. The Hall–Kier alpha value is -2.91. The van der Waals surface area contributed by atoms with Crippen LogP contribution in [0.25, 0.3) is 0 Å². The van der Waals surface area contributed by atoms with E-state index in [0.717, 1.165) is 19.3 Å². The first-order chi connectivity index (χ1) is 16.3. The molecule has 0 saturated carbocycles. The van der Waals surface area contributed by atoms with E-state index < -0.39 is 10.0 Å². The zero-order chi connectivity index (χ0) is 24.3. The number of nitrogens with zero attached hydrogens (tertiary/aromatic N) is 1. The summed E-state index contributed by atoms with van der Waals surface area (Å²) in [6.07, 6.45) is 2.78. The third kappa shape index (κ3) is 5.26. The van der Waals surface area contributed by atoms with Crippen molar-refractivity contribution in [1.82, 2.24) is 4.31 Å². The number of anilines is 1. The van der Waals surface area contributed by atoms with Gasteiger partial charge in [0.1, 0.15) is 13.2 Å². The molecular formula is C25H30N2O6S. The lowest BCUT2D eigenvalue weighted by atomic mass is 10.0. The lowest BCUT2D eigenvalue weighted by Gasteiger charge is -2.37. The molecule has 2 aliphatic rings. The van der Waals surface area contributed by atoms with Crippen molar-refractivity contribution in [3.05, 3.63) is 48.0 Å². The molecule has 2 aromatic carbocycles. The van der Waals surface area contributed by atoms with Crippen LogP contribution in [-0.2, 0) is 14.8 Å². The van der Waals surface area contributed by atoms with Crippen LogP contribution in [0.15, 0.2) is 47.4 Å². The Morgan fingerprint density at radius 3 is 2.26 bits per heavy atom. The number of carbonyl (C=O) groups is 2.